The molecule has 0 aliphatic heterocycles. The molecule has 6 heteroatoms. The zero-order chi connectivity index (χ0) is 11.9. The van der Waals surface area contributed by atoms with Crippen LogP contribution < -0.4 is 11.3 Å². The van der Waals surface area contributed by atoms with Crippen molar-refractivity contribution in [2.75, 3.05) is 5.73 Å². The van der Waals surface area contributed by atoms with Gasteiger partial charge >= 0.3 is 0 Å². The molecule has 2 heterocycles. The third-order valence-corrected chi connectivity index (χ3v) is 2.13. The van der Waals surface area contributed by atoms with Crippen molar-refractivity contribution in [1.29, 1.82) is 0 Å². The summed E-state index contributed by atoms with van der Waals surface area (Å²) in [7, 11) is 0. The molecule has 0 saturated carbocycles. The van der Waals surface area contributed by atoms with E-state index in [0.29, 0.717) is 11.2 Å². The fourth-order valence-electron chi connectivity index (χ4n) is 1.56. The maximum Gasteiger partial charge on any atom is 0.278 e. The van der Waals surface area contributed by atoms with E-state index in [-0.39, 0.29) is 16.9 Å². The largest absolute Gasteiger partial charge is 0.369 e. The minimum absolute atomic E-state index is 0.0892. The first-order chi connectivity index (χ1) is 7.35. The molecule has 0 fully saturated rings. The van der Waals surface area contributed by atoms with Gasteiger partial charge in [-0.15, -0.1) is 0 Å². The summed E-state index contributed by atoms with van der Waals surface area (Å²) in [5.74, 6) is 0.845. The Kier molecular flexibility index (Phi) is 2.22. The first kappa shape index (κ1) is 10.7. The number of nitrogen functional groups attached to an aromatic ring is 1. The monoisotopic (exact) mass is 221 g/mol. The molecule has 2 aromatic heterocycles. The molecule has 0 amide bonds. The fourth-order valence-corrected chi connectivity index (χ4v) is 1.56. The smallest absolute Gasteiger partial charge is 0.278 e. The Morgan fingerprint density at radius 1 is 1.25 bits per heavy atom. The van der Waals surface area contributed by atoms with Crippen LogP contribution in [0.4, 0.5) is 5.95 Å². The van der Waals surface area contributed by atoms with Gasteiger partial charge < -0.3 is 10.7 Å². The number of fused-ring (bicyclic) bond motifs is 1. The molecule has 6 nitrogen and oxygen atoms in total. The SMILES string of the molecule is CC(C)(C)Cc1nc2nc(N)[nH]c(=O)c2[nH]1. The number of H-pyrrole nitrogens is 2. The van der Waals surface area contributed by atoms with Crippen LogP contribution >= 0.6 is 0 Å². The molecule has 0 aliphatic carbocycles. The van der Waals surface area contributed by atoms with Crippen molar-refractivity contribution in [3.63, 3.8) is 0 Å². The van der Waals surface area contributed by atoms with Crippen molar-refractivity contribution >= 4 is 17.1 Å². The van der Waals surface area contributed by atoms with Crippen LogP contribution in [0.3, 0.4) is 0 Å². The highest BCUT2D eigenvalue weighted by Crippen LogP contribution is 2.19. The highest BCUT2D eigenvalue weighted by atomic mass is 16.1. The van der Waals surface area contributed by atoms with E-state index < -0.39 is 0 Å². The molecular formula is C10H15N5O. The van der Waals surface area contributed by atoms with Crippen LogP contribution in [-0.4, -0.2) is 19.9 Å². The summed E-state index contributed by atoms with van der Waals surface area (Å²) in [4.78, 5) is 25.2. The predicted molar refractivity (Wildman–Crippen MR) is 62.1 cm³/mol. The number of aromatic nitrogens is 4. The standard InChI is InChI=1S/C10H15N5O/c1-10(2,3)4-5-12-6-7(13-5)14-9(11)15-8(6)16/h4H2,1-3H3,(H4,11,12,13,14,15,16). The molecule has 0 spiro atoms. The Morgan fingerprint density at radius 3 is 2.56 bits per heavy atom. The Hall–Kier alpha value is -1.85. The molecule has 2 rings (SSSR count). The Morgan fingerprint density at radius 2 is 1.94 bits per heavy atom. The maximum atomic E-state index is 11.5. The van der Waals surface area contributed by atoms with Crippen molar-refractivity contribution in [2.45, 2.75) is 27.2 Å². The van der Waals surface area contributed by atoms with Crippen molar-refractivity contribution in [3.8, 4) is 0 Å². The lowest BCUT2D eigenvalue weighted by Gasteiger charge is -2.15. The number of hydrogen-bond donors (Lipinski definition) is 3. The molecule has 86 valence electrons. The Balaban J connectivity index is 2.52. The van der Waals surface area contributed by atoms with E-state index >= 15 is 0 Å². The highest BCUT2D eigenvalue weighted by Gasteiger charge is 2.15. The minimum atomic E-state index is -0.282. The number of nitrogens with one attached hydrogen (secondary N) is 2. The molecule has 0 bridgehead atoms. The zero-order valence-corrected chi connectivity index (χ0v) is 9.59. The van der Waals surface area contributed by atoms with Crippen LogP contribution in [0.15, 0.2) is 4.79 Å². The van der Waals surface area contributed by atoms with Gasteiger partial charge in [0, 0.05) is 6.42 Å². The van der Waals surface area contributed by atoms with Gasteiger partial charge in [-0.05, 0) is 5.41 Å². The number of imidazole rings is 1. The van der Waals surface area contributed by atoms with E-state index in [0.717, 1.165) is 12.2 Å². The van der Waals surface area contributed by atoms with E-state index in [2.05, 4.69) is 40.7 Å². The van der Waals surface area contributed by atoms with Crippen molar-refractivity contribution < 1.29 is 0 Å². The first-order valence-corrected chi connectivity index (χ1v) is 5.09. The summed E-state index contributed by atoms with van der Waals surface area (Å²) in [5.41, 5.74) is 6.02. The van der Waals surface area contributed by atoms with Gasteiger partial charge in [-0.25, -0.2) is 4.98 Å². The average molecular weight is 221 g/mol. The molecular weight excluding hydrogens is 206 g/mol. The van der Waals surface area contributed by atoms with Gasteiger partial charge in [0.15, 0.2) is 11.2 Å². The van der Waals surface area contributed by atoms with Crippen molar-refractivity contribution in [1.82, 2.24) is 19.9 Å². The van der Waals surface area contributed by atoms with Gasteiger partial charge in [0.1, 0.15) is 5.82 Å². The van der Waals surface area contributed by atoms with E-state index in [1.165, 1.54) is 0 Å². The number of rotatable bonds is 1. The van der Waals surface area contributed by atoms with Gasteiger partial charge in [-0.3, -0.25) is 9.78 Å². The lowest BCUT2D eigenvalue weighted by atomic mass is 9.92. The summed E-state index contributed by atoms with van der Waals surface area (Å²) in [5, 5.41) is 0. The van der Waals surface area contributed by atoms with Crippen LogP contribution in [0.5, 0.6) is 0 Å². The fraction of sp³-hybridized carbons (Fsp3) is 0.500. The predicted octanol–water partition coefficient (Wildman–Crippen LogP) is 0.817. The summed E-state index contributed by atoms with van der Waals surface area (Å²) < 4.78 is 0. The van der Waals surface area contributed by atoms with Gasteiger partial charge in [-0.1, -0.05) is 20.8 Å². The molecule has 4 N–H and O–H groups in total. The van der Waals surface area contributed by atoms with Gasteiger partial charge in [-0.2, -0.15) is 4.98 Å². The number of anilines is 1. The van der Waals surface area contributed by atoms with Crippen LogP contribution in [-0.2, 0) is 6.42 Å². The third kappa shape index (κ3) is 2.05. The van der Waals surface area contributed by atoms with E-state index in [1.807, 2.05) is 0 Å². The summed E-state index contributed by atoms with van der Waals surface area (Å²) >= 11 is 0. The van der Waals surface area contributed by atoms with Crippen LogP contribution in [0, 0.1) is 5.41 Å². The van der Waals surface area contributed by atoms with Gasteiger partial charge in [0.2, 0.25) is 5.95 Å². The van der Waals surface area contributed by atoms with Crippen LogP contribution in [0.1, 0.15) is 26.6 Å². The maximum absolute atomic E-state index is 11.5. The summed E-state index contributed by atoms with van der Waals surface area (Å²) in [6.07, 6.45) is 0.753. The lowest BCUT2D eigenvalue weighted by Crippen LogP contribution is -2.11. The second-order valence-electron chi connectivity index (χ2n) is 5.07. The molecule has 0 aromatic carbocycles. The molecule has 0 unspecified atom stereocenters. The normalized spacial score (nSPS) is 12.2. The number of nitrogens with two attached hydrogens (primary N) is 1. The molecule has 0 aliphatic rings. The summed E-state index contributed by atoms with van der Waals surface area (Å²) in [6.45, 7) is 6.31. The molecule has 16 heavy (non-hydrogen) atoms. The van der Waals surface area contributed by atoms with E-state index in [1.54, 1.807) is 0 Å². The van der Waals surface area contributed by atoms with Crippen molar-refractivity contribution in [2.24, 2.45) is 5.41 Å². The molecule has 0 atom stereocenters. The molecule has 0 saturated heterocycles. The third-order valence-electron chi connectivity index (χ3n) is 2.13. The lowest BCUT2D eigenvalue weighted by molar-refractivity contribution is 0.402. The van der Waals surface area contributed by atoms with E-state index in [4.69, 9.17) is 5.73 Å². The summed E-state index contributed by atoms with van der Waals surface area (Å²) in [6, 6.07) is 0. The van der Waals surface area contributed by atoms with Crippen LogP contribution in [0.25, 0.3) is 11.2 Å². The van der Waals surface area contributed by atoms with Crippen molar-refractivity contribution in [3.05, 3.63) is 16.2 Å². The Bertz CT molecular complexity index is 575. The average Bonchev–Trinajstić information content (AvgIpc) is 2.43. The topological polar surface area (TPSA) is 100 Å². The highest BCUT2D eigenvalue weighted by molar-refractivity contribution is 5.70. The number of nitrogens with zero attached hydrogens (tertiary/aromatic N) is 2. The second kappa shape index (κ2) is 3.33. The Labute approximate surface area is 92.3 Å². The second-order valence-corrected chi connectivity index (χ2v) is 5.07. The molecule has 0 radical (unpaired) electrons. The minimum Gasteiger partial charge on any atom is -0.369 e. The van der Waals surface area contributed by atoms with Gasteiger partial charge in [0.25, 0.3) is 5.56 Å². The number of hydrogen-bond acceptors (Lipinski definition) is 4. The molecule has 2 aromatic rings. The first-order valence-electron chi connectivity index (χ1n) is 5.09. The number of aromatic amines is 2. The van der Waals surface area contributed by atoms with Gasteiger partial charge in [0.05, 0.1) is 0 Å². The van der Waals surface area contributed by atoms with Crippen LogP contribution in [0.2, 0.25) is 0 Å². The quantitative estimate of drug-likeness (QED) is 0.663. The van der Waals surface area contributed by atoms with E-state index in [9.17, 15) is 4.79 Å². The zero-order valence-electron chi connectivity index (χ0n) is 9.59.